The molecule has 1 aliphatic heterocycles. The van der Waals surface area contributed by atoms with Crippen LogP contribution in [0.25, 0.3) is 0 Å². The first kappa shape index (κ1) is 18.9. The Labute approximate surface area is 168 Å². The van der Waals surface area contributed by atoms with Crippen LogP contribution in [0.5, 0.6) is 5.75 Å². The maximum absolute atomic E-state index is 13.9. The van der Waals surface area contributed by atoms with E-state index in [2.05, 4.69) is 15.3 Å². The Bertz CT molecular complexity index is 1030. The van der Waals surface area contributed by atoms with Gasteiger partial charge in [0.15, 0.2) is 0 Å². The number of carbonyl (C=O) groups excluding carboxylic acids is 1. The molecule has 0 bridgehead atoms. The summed E-state index contributed by atoms with van der Waals surface area (Å²) in [4.78, 5) is 20.1. The first-order chi connectivity index (χ1) is 14.1. The van der Waals surface area contributed by atoms with Crippen molar-refractivity contribution in [1.29, 1.82) is 0 Å². The molecule has 2 aromatic carbocycles. The summed E-state index contributed by atoms with van der Waals surface area (Å²) in [6.07, 6.45) is 3.53. The highest BCUT2D eigenvalue weighted by molar-refractivity contribution is 6.04. The smallest absolute Gasteiger partial charge is 0.258 e. The van der Waals surface area contributed by atoms with Crippen molar-refractivity contribution < 1.29 is 13.9 Å². The van der Waals surface area contributed by atoms with Crippen LogP contribution in [0.2, 0.25) is 0 Å². The van der Waals surface area contributed by atoms with Gasteiger partial charge in [0.2, 0.25) is 0 Å². The molecule has 5 nitrogen and oxygen atoms in total. The van der Waals surface area contributed by atoms with Gasteiger partial charge >= 0.3 is 0 Å². The third-order valence-electron chi connectivity index (χ3n) is 4.87. The van der Waals surface area contributed by atoms with Gasteiger partial charge in [0.05, 0.1) is 17.0 Å². The fourth-order valence-corrected chi connectivity index (χ4v) is 3.35. The molecule has 0 spiro atoms. The van der Waals surface area contributed by atoms with E-state index in [1.54, 1.807) is 18.2 Å². The summed E-state index contributed by atoms with van der Waals surface area (Å²) in [5.41, 5.74) is 3.49. The molecule has 3 aromatic rings. The van der Waals surface area contributed by atoms with Gasteiger partial charge < -0.3 is 15.0 Å². The van der Waals surface area contributed by atoms with E-state index in [0.29, 0.717) is 5.69 Å². The Balaban J connectivity index is 1.37. The number of aromatic nitrogens is 1. The maximum Gasteiger partial charge on any atom is 0.258 e. The molecule has 0 radical (unpaired) electrons. The maximum atomic E-state index is 13.9. The molecule has 1 aliphatic rings. The zero-order chi connectivity index (χ0) is 20.2. The Morgan fingerprint density at radius 2 is 2.03 bits per heavy atom. The summed E-state index contributed by atoms with van der Waals surface area (Å²) in [6, 6.07) is 15.6. The summed E-state index contributed by atoms with van der Waals surface area (Å²) < 4.78 is 20.0. The molecular formula is C23H22FN3O2. The number of aliphatic imine (C=N–C) groups is 1. The second-order valence-electron chi connectivity index (χ2n) is 7.11. The average molecular weight is 391 g/mol. The molecule has 148 valence electrons. The van der Waals surface area contributed by atoms with Crippen molar-refractivity contribution in [2.45, 2.75) is 25.9 Å². The van der Waals surface area contributed by atoms with Crippen LogP contribution in [0.3, 0.4) is 0 Å². The normalized spacial score (nSPS) is 16.2. The van der Waals surface area contributed by atoms with Crippen molar-refractivity contribution in [3.63, 3.8) is 0 Å². The summed E-state index contributed by atoms with van der Waals surface area (Å²) in [5.74, 6) is -0.286. The van der Waals surface area contributed by atoms with Crippen LogP contribution in [-0.2, 0) is 0 Å². The number of ether oxygens (including phenoxy) is 1. The lowest BCUT2D eigenvalue weighted by atomic mass is 10.0. The molecule has 1 unspecified atom stereocenters. The third-order valence-corrected chi connectivity index (χ3v) is 4.87. The zero-order valence-corrected chi connectivity index (χ0v) is 16.1. The Morgan fingerprint density at radius 3 is 2.79 bits per heavy atom. The molecule has 6 heteroatoms. The minimum atomic E-state index is -0.537. The first-order valence-corrected chi connectivity index (χ1v) is 9.60. The van der Waals surface area contributed by atoms with Crippen molar-refractivity contribution in [3.8, 4) is 5.75 Å². The van der Waals surface area contributed by atoms with E-state index in [-0.39, 0.29) is 11.7 Å². The van der Waals surface area contributed by atoms with Crippen molar-refractivity contribution in [2.75, 3.05) is 11.9 Å². The van der Waals surface area contributed by atoms with Gasteiger partial charge in [-0.2, -0.15) is 0 Å². The SMILES string of the molecule is Cc1ccc(F)c(C(=O)Nc2ccc(OC3CCN=C(c4ccc[nH]4)C3)cc2)c1. The standard InChI is InChI=1S/C23H22FN3O2/c1-15-4-9-20(24)19(13-15)23(28)27-16-5-7-17(8-6-16)29-18-10-12-26-22(14-18)21-3-2-11-25-21/h2-9,11,13,18,25H,10,12,14H2,1H3,(H,27,28). The number of halogens is 1. The van der Waals surface area contributed by atoms with E-state index in [1.807, 2.05) is 37.4 Å². The Morgan fingerprint density at radius 1 is 1.21 bits per heavy atom. The van der Waals surface area contributed by atoms with Gasteiger partial charge in [-0.15, -0.1) is 0 Å². The number of nitrogens with one attached hydrogen (secondary N) is 2. The van der Waals surface area contributed by atoms with Gasteiger partial charge in [-0.05, 0) is 55.5 Å². The third kappa shape index (κ3) is 4.54. The quantitative estimate of drug-likeness (QED) is 0.659. The fraction of sp³-hybridized carbons (Fsp3) is 0.217. The number of rotatable bonds is 5. The van der Waals surface area contributed by atoms with Crippen molar-refractivity contribution in [2.24, 2.45) is 4.99 Å². The van der Waals surface area contributed by atoms with Gasteiger partial charge in [-0.25, -0.2) is 4.39 Å². The van der Waals surface area contributed by atoms with Gasteiger partial charge in [0.25, 0.3) is 5.91 Å². The molecule has 29 heavy (non-hydrogen) atoms. The Kier molecular flexibility index (Phi) is 5.42. The first-order valence-electron chi connectivity index (χ1n) is 9.60. The van der Waals surface area contributed by atoms with E-state index < -0.39 is 11.7 Å². The summed E-state index contributed by atoms with van der Waals surface area (Å²) in [6.45, 7) is 2.55. The number of H-pyrrole nitrogens is 1. The second kappa shape index (κ2) is 8.31. The number of anilines is 1. The minimum Gasteiger partial charge on any atom is -0.490 e. The molecule has 0 fully saturated rings. The molecule has 0 saturated carbocycles. The molecular weight excluding hydrogens is 369 g/mol. The summed E-state index contributed by atoms with van der Waals surface area (Å²) in [5, 5.41) is 2.72. The van der Waals surface area contributed by atoms with E-state index >= 15 is 0 Å². The lowest BCUT2D eigenvalue weighted by molar-refractivity contribution is 0.102. The zero-order valence-electron chi connectivity index (χ0n) is 16.1. The number of amides is 1. The molecule has 0 aliphatic carbocycles. The van der Waals surface area contributed by atoms with Crippen LogP contribution in [0.4, 0.5) is 10.1 Å². The molecule has 2 heterocycles. The van der Waals surface area contributed by atoms with Crippen LogP contribution in [0, 0.1) is 12.7 Å². The molecule has 2 N–H and O–H groups in total. The van der Waals surface area contributed by atoms with E-state index in [9.17, 15) is 9.18 Å². The predicted octanol–water partition coefficient (Wildman–Crippen LogP) is 4.75. The Hall–Kier alpha value is -3.41. The lowest BCUT2D eigenvalue weighted by Gasteiger charge is -2.23. The minimum absolute atomic E-state index is 0.0312. The van der Waals surface area contributed by atoms with Crippen molar-refractivity contribution >= 4 is 17.3 Å². The van der Waals surface area contributed by atoms with Crippen LogP contribution < -0.4 is 10.1 Å². The topological polar surface area (TPSA) is 66.5 Å². The lowest BCUT2D eigenvalue weighted by Crippen LogP contribution is -2.26. The number of benzene rings is 2. The molecule has 1 amide bonds. The van der Waals surface area contributed by atoms with Crippen LogP contribution >= 0.6 is 0 Å². The number of aromatic amines is 1. The molecule has 1 atom stereocenters. The highest BCUT2D eigenvalue weighted by Gasteiger charge is 2.20. The van der Waals surface area contributed by atoms with Crippen LogP contribution in [0.15, 0.2) is 65.8 Å². The number of hydrogen-bond donors (Lipinski definition) is 2. The van der Waals surface area contributed by atoms with Gasteiger partial charge in [-0.1, -0.05) is 11.6 Å². The summed E-state index contributed by atoms with van der Waals surface area (Å²) >= 11 is 0. The van der Waals surface area contributed by atoms with Crippen LogP contribution in [-0.4, -0.2) is 29.3 Å². The monoisotopic (exact) mass is 391 g/mol. The van der Waals surface area contributed by atoms with Gasteiger partial charge in [0.1, 0.15) is 17.7 Å². The second-order valence-corrected chi connectivity index (χ2v) is 7.11. The van der Waals surface area contributed by atoms with Crippen molar-refractivity contribution in [3.05, 3.63) is 83.4 Å². The largest absolute Gasteiger partial charge is 0.490 e. The van der Waals surface area contributed by atoms with Crippen LogP contribution in [0.1, 0.15) is 34.5 Å². The van der Waals surface area contributed by atoms with Gasteiger partial charge in [0, 0.05) is 31.3 Å². The molecule has 1 aromatic heterocycles. The van der Waals surface area contributed by atoms with Crippen molar-refractivity contribution in [1.82, 2.24) is 4.98 Å². The van der Waals surface area contributed by atoms with E-state index in [4.69, 9.17) is 4.74 Å². The number of aryl methyl sites for hydroxylation is 1. The number of nitrogens with zero attached hydrogens (tertiary/aromatic N) is 1. The predicted molar refractivity (Wildman–Crippen MR) is 111 cm³/mol. The number of carbonyl (C=O) groups is 1. The highest BCUT2D eigenvalue weighted by atomic mass is 19.1. The molecule has 0 saturated heterocycles. The van der Waals surface area contributed by atoms with E-state index in [1.165, 1.54) is 12.1 Å². The van der Waals surface area contributed by atoms with Gasteiger partial charge in [-0.3, -0.25) is 9.79 Å². The number of hydrogen-bond acceptors (Lipinski definition) is 3. The average Bonchev–Trinajstić information content (AvgIpc) is 3.26. The fourth-order valence-electron chi connectivity index (χ4n) is 3.35. The summed E-state index contributed by atoms with van der Waals surface area (Å²) in [7, 11) is 0. The van der Waals surface area contributed by atoms with E-state index in [0.717, 1.165) is 42.1 Å². The molecule has 4 rings (SSSR count). The highest BCUT2D eigenvalue weighted by Crippen LogP contribution is 2.22.